The third-order valence-corrected chi connectivity index (χ3v) is 6.72. The van der Waals surface area contributed by atoms with Crippen LogP contribution in [-0.2, 0) is 4.79 Å². The zero-order valence-electron chi connectivity index (χ0n) is 17.9. The summed E-state index contributed by atoms with van der Waals surface area (Å²) in [4.78, 5) is 16.9. The highest BCUT2D eigenvalue weighted by Crippen LogP contribution is 2.32. The van der Waals surface area contributed by atoms with Gasteiger partial charge in [-0.15, -0.1) is 0 Å². The molecule has 0 radical (unpaired) electrons. The van der Waals surface area contributed by atoms with E-state index in [1.54, 1.807) is 30.3 Å². The van der Waals surface area contributed by atoms with Gasteiger partial charge in [-0.25, -0.2) is 8.78 Å². The van der Waals surface area contributed by atoms with Crippen molar-refractivity contribution in [3.05, 3.63) is 93.3 Å². The third-order valence-electron chi connectivity index (χ3n) is 5.49. The highest BCUT2D eigenvalue weighted by Gasteiger charge is 2.36. The Labute approximate surface area is 202 Å². The van der Waals surface area contributed by atoms with E-state index in [0.717, 1.165) is 23.1 Å². The van der Waals surface area contributed by atoms with Crippen LogP contribution >= 0.6 is 23.4 Å². The maximum Gasteiger partial charge on any atom is 0.283 e. The van der Waals surface area contributed by atoms with Gasteiger partial charge in [-0.3, -0.25) is 10.2 Å². The second kappa shape index (κ2) is 8.34. The van der Waals surface area contributed by atoms with Gasteiger partial charge in [0.05, 0.1) is 10.6 Å². The van der Waals surface area contributed by atoms with E-state index in [-0.39, 0.29) is 27.2 Å². The number of fused-ring (bicyclic) bond motifs is 1. The molecule has 34 heavy (non-hydrogen) atoms. The van der Waals surface area contributed by atoms with Gasteiger partial charge in [0.1, 0.15) is 16.7 Å². The Morgan fingerprint density at radius 2 is 1.85 bits per heavy atom. The normalized spacial score (nSPS) is 16.7. The van der Waals surface area contributed by atoms with E-state index < -0.39 is 17.5 Å². The molecule has 0 spiro atoms. The first-order chi connectivity index (χ1) is 16.2. The molecular formula is C24H16ClF2N5OS. The Morgan fingerprint density at radius 1 is 1.09 bits per heavy atom. The molecule has 0 bridgehead atoms. The lowest BCUT2D eigenvalue weighted by atomic mass is 10.1. The number of nitrogens with one attached hydrogen (secondary N) is 1. The summed E-state index contributed by atoms with van der Waals surface area (Å²) in [6.45, 7) is 3.72. The van der Waals surface area contributed by atoms with Crippen LogP contribution in [0.2, 0.25) is 5.02 Å². The standard InChI is InChI=1S/C24H16ClF2N5OS/c1-12-9-14(13(2)31(12)15-7-8-20(27)18(25)11-15)10-17-21(28)32-24(29-22(17)33)34-23(30-32)16-5-3-4-6-19(16)26/h3-11,28H,1-2H3. The van der Waals surface area contributed by atoms with Crippen LogP contribution in [0.4, 0.5) is 8.78 Å². The topological polar surface area (TPSA) is 73.8 Å². The Morgan fingerprint density at radius 3 is 2.59 bits per heavy atom. The molecule has 0 saturated carbocycles. The lowest BCUT2D eigenvalue weighted by Crippen LogP contribution is -2.35. The van der Waals surface area contributed by atoms with Gasteiger partial charge in [0, 0.05) is 22.6 Å². The predicted molar refractivity (Wildman–Crippen MR) is 131 cm³/mol. The van der Waals surface area contributed by atoms with E-state index in [0.29, 0.717) is 16.3 Å². The molecule has 0 unspecified atom stereocenters. The number of hydrogen-bond donors (Lipinski definition) is 1. The predicted octanol–water partition coefficient (Wildman–Crippen LogP) is 5.69. The van der Waals surface area contributed by atoms with Crippen LogP contribution in [0, 0.1) is 30.9 Å². The molecule has 170 valence electrons. The molecule has 1 amide bonds. The zero-order chi connectivity index (χ0) is 24.1. The molecule has 5 rings (SSSR count). The van der Waals surface area contributed by atoms with Crippen molar-refractivity contribution in [3.63, 3.8) is 0 Å². The van der Waals surface area contributed by atoms with Gasteiger partial charge in [-0.05, 0) is 73.6 Å². The van der Waals surface area contributed by atoms with Crippen molar-refractivity contribution in [1.82, 2.24) is 9.58 Å². The summed E-state index contributed by atoms with van der Waals surface area (Å²) >= 11 is 6.99. The number of carbonyl (C=O) groups is 1. The quantitative estimate of drug-likeness (QED) is 0.474. The van der Waals surface area contributed by atoms with Gasteiger partial charge in [-0.2, -0.15) is 15.1 Å². The van der Waals surface area contributed by atoms with Crippen LogP contribution in [0.1, 0.15) is 22.5 Å². The Hall–Kier alpha value is -3.56. The summed E-state index contributed by atoms with van der Waals surface area (Å²) in [6, 6.07) is 12.5. The van der Waals surface area contributed by atoms with Crippen molar-refractivity contribution < 1.29 is 13.6 Å². The monoisotopic (exact) mass is 495 g/mol. The Kier molecular flexibility index (Phi) is 5.45. The van der Waals surface area contributed by atoms with Crippen molar-refractivity contribution in [2.75, 3.05) is 0 Å². The first-order valence-corrected chi connectivity index (χ1v) is 11.3. The van der Waals surface area contributed by atoms with E-state index in [4.69, 9.17) is 17.0 Å². The highest BCUT2D eigenvalue weighted by atomic mass is 35.5. The largest absolute Gasteiger partial charge is 0.318 e. The maximum absolute atomic E-state index is 14.2. The number of amidine groups is 2. The van der Waals surface area contributed by atoms with E-state index in [9.17, 15) is 13.6 Å². The molecule has 1 aromatic heterocycles. The van der Waals surface area contributed by atoms with Crippen molar-refractivity contribution in [3.8, 4) is 5.69 Å². The van der Waals surface area contributed by atoms with Crippen LogP contribution < -0.4 is 0 Å². The summed E-state index contributed by atoms with van der Waals surface area (Å²) in [5.41, 5.74) is 3.30. The van der Waals surface area contributed by atoms with Gasteiger partial charge >= 0.3 is 0 Å². The number of rotatable bonds is 3. The molecule has 0 atom stereocenters. The van der Waals surface area contributed by atoms with Gasteiger partial charge in [-0.1, -0.05) is 23.7 Å². The fraction of sp³-hybridized carbons (Fsp3) is 0.0833. The van der Waals surface area contributed by atoms with Gasteiger partial charge in [0.15, 0.2) is 5.84 Å². The number of aromatic nitrogens is 1. The van der Waals surface area contributed by atoms with Crippen molar-refractivity contribution >= 4 is 51.4 Å². The SMILES string of the molecule is Cc1cc(C=C2C(=N)N3N=C(c4ccccc4F)SC3=NC2=O)c(C)n1-c1ccc(F)c(Cl)c1. The molecule has 3 heterocycles. The molecule has 2 aromatic carbocycles. The smallest absolute Gasteiger partial charge is 0.283 e. The van der Waals surface area contributed by atoms with Crippen molar-refractivity contribution in [1.29, 1.82) is 5.41 Å². The molecule has 0 saturated heterocycles. The number of hydrogen-bond acceptors (Lipinski definition) is 4. The lowest BCUT2D eigenvalue weighted by Gasteiger charge is -2.20. The minimum Gasteiger partial charge on any atom is -0.318 e. The molecular weight excluding hydrogens is 480 g/mol. The highest BCUT2D eigenvalue weighted by molar-refractivity contribution is 8.27. The first kappa shape index (κ1) is 22.2. The third kappa shape index (κ3) is 3.66. The number of amides is 1. The fourth-order valence-corrected chi connectivity index (χ4v) is 4.94. The number of benzene rings is 2. The number of hydrazone groups is 1. The minimum atomic E-state index is -0.580. The van der Waals surface area contributed by atoms with Gasteiger partial charge in [0.25, 0.3) is 5.91 Å². The van der Waals surface area contributed by atoms with Crippen LogP contribution in [0.5, 0.6) is 0 Å². The van der Waals surface area contributed by atoms with Crippen LogP contribution in [0.25, 0.3) is 11.8 Å². The van der Waals surface area contributed by atoms with Crippen LogP contribution in [-0.4, -0.2) is 31.5 Å². The molecule has 0 aliphatic carbocycles. The Bertz CT molecular complexity index is 1490. The molecule has 0 fully saturated rings. The second-order valence-electron chi connectivity index (χ2n) is 7.67. The number of aliphatic imine (C=N–C) groups is 1. The van der Waals surface area contributed by atoms with Crippen molar-refractivity contribution in [2.24, 2.45) is 10.1 Å². The summed E-state index contributed by atoms with van der Waals surface area (Å²) in [7, 11) is 0. The molecule has 3 aromatic rings. The second-order valence-corrected chi connectivity index (χ2v) is 9.03. The van der Waals surface area contributed by atoms with E-state index in [1.807, 2.05) is 24.5 Å². The molecule has 1 N–H and O–H groups in total. The molecule has 6 nitrogen and oxygen atoms in total. The van der Waals surface area contributed by atoms with Gasteiger partial charge in [0.2, 0.25) is 5.17 Å². The molecule has 2 aliphatic rings. The van der Waals surface area contributed by atoms with E-state index in [2.05, 4.69) is 10.1 Å². The van der Waals surface area contributed by atoms with Crippen molar-refractivity contribution in [2.45, 2.75) is 13.8 Å². The number of nitrogens with zero attached hydrogens (tertiary/aromatic N) is 4. The number of carbonyl (C=O) groups excluding carboxylic acids is 1. The lowest BCUT2D eigenvalue weighted by molar-refractivity contribution is -0.114. The van der Waals surface area contributed by atoms with E-state index in [1.165, 1.54) is 23.2 Å². The number of halogens is 3. The van der Waals surface area contributed by atoms with Crippen LogP contribution in [0.3, 0.4) is 0 Å². The first-order valence-electron chi connectivity index (χ1n) is 10.1. The summed E-state index contributed by atoms with van der Waals surface area (Å²) in [6.07, 6.45) is 1.58. The molecule has 2 aliphatic heterocycles. The average Bonchev–Trinajstić information content (AvgIpc) is 3.34. The summed E-state index contributed by atoms with van der Waals surface area (Å²) < 4.78 is 29.7. The zero-order valence-corrected chi connectivity index (χ0v) is 19.5. The van der Waals surface area contributed by atoms with Crippen LogP contribution in [0.15, 0.2) is 64.2 Å². The summed E-state index contributed by atoms with van der Waals surface area (Å²) in [5, 5.41) is 14.7. The van der Waals surface area contributed by atoms with Gasteiger partial charge < -0.3 is 4.57 Å². The Balaban J connectivity index is 1.52. The maximum atomic E-state index is 14.2. The minimum absolute atomic E-state index is 0.00561. The average molecular weight is 496 g/mol. The number of thioether (sulfide) groups is 1. The van der Waals surface area contributed by atoms with E-state index >= 15 is 0 Å². The molecule has 10 heteroatoms. The summed E-state index contributed by atoms with van der Waals surface area (Å²) in [5.74, 6) is -1.69. The number of aryl methyl sites for hydroxylation is 1. The fourth-order valence-electron chi connectivity index (χ4n) is 3.85.